The Morgan fingerprint density at radius 3 is 1.47 bits per heavy atom. The zero-order chi connectivity index (χ0) is 51.5. The minimum absolute atomic E-state index is 0.00949. The summed E-state index contributed by atoms with van der Waals surface area (Å²) in [6.07, 6.45) is -16.3. The maximum absolute atomic E-state index is 13.1. The van der Waals surface area contributed by atoms with E-state index in [0.717, 1.165) is 30.5 Å². The Bertz CT molecular complexity index is 2250. The summed E-state index contributed by atoms with van der Waals surface area (Å²) in [6.45, 7) is 10.6. The van der Waals surface area contributed by atoms with Crippen LogP contribution in [0.4, 0.5) is 0 Å². The van der Waals surface area contributed by atoms with Crippen molar-refractivity contribution < 1.29 is 90.3 Å². The Labute approximate surface area is 418 Å². The number of ether oxygens (including phenoxy) is 14. The zero-order valence-corrected chi connectivity index (χ0v) is 41.6. The van der Waals surface area contributed by atoms with Crippen LogP contribution in [-0.2, 0) is 110 Å². The molecule has 15 atom stereocenters. The molecule has 0 aromatic heterocycles. The number of hydrogen-bond acceptors (Lipinski definition) is 19. The molecule has 4 heterocycles. The first-order valence-corrected chi connectivity index (χ1v) is 23.9. The normalized spacial score (nSPS) is 31.9. The van der Waals surface area contributed by atoms with Gasteiger partial charge in [0, 0.05) is 34.6 Å². The van der Waals surface area contributed by atoms with E-state index in [9.17, 15) is 24.0 Å². The number of benzene rings is 3. The molecule has 0 bridgehead atoms. The van der Waals surface area contributed by atoms with Gasteiger partial charge in [0.25, 0.3) is 0 Å². The van der Waals surface area contributed by atoms with E-state index < -0.39 is 134 Å². The van der Waals surface area contributed by atoms with Gasteiger partial charge in [0.2, 0.25) is 5.91 Å². The van der Waals surface area contributed by atoms with Gasteiger partial charge in [-0.25, -0.2) is 0 Å². The van der Waals surface area contributed by atoms with Crippen molar-refractivity contribution in [3.8, 4) is 0 Å². The third-order valence-corrected chi connectivity index (χ3v) is 12.1. The lowest BCUT2D eigenvalue weighted by Crippen LogP contribution is -2.70. The van der Waals surface area contributed by atoms with E-state index in [1.807, 2.05) is 91.0 Å². The largest absolute Gasteiger partial charge is 0.463 e. The molecule has 7 rings (SSSR count). The number of hydrogen-bond donors (Lipinski definition) is 1. The third-order valence-electron chi connectivity index (χ3n) is 12.1. The van der Waals surface area contributed by atoms with Crippen molar-refractivity contribution in [2.75, 3.05) is 13.2 Å². The highest BCUT2D eigenvalue weighted by Crippen LogP contribution is 2.42. The van der Waals surface area contributed by atoms with Crippen LogP contribution in [0.1, 0.15) is 72.1 Å². The van der Waals surface area contributed by atoms with Gasteiger partial charge < -0.3 is 71.6 Å². The van der Waals surface area contributed by atoms with Crippen LogP contribution in [0.3, 0.4) is 0 Å². The summed E-state index contributed by atoms with van der Waals surface area (Å²) in [7, 11) is 0. The van der Waals surface area contributed by atoms with Crippen LogP contribution in [0.15, 0.2) is 91.0 Å². The molecule has 0 spiro atoms. The number of carbonyl (C=O) groups is 5. The molecule has 392 valence electrons. The molecule has 4 fully saturated rings. The molecule has 4 aliphatic heterocycles. The summed E-state index contributed by atoms with van der Waals surface area (Å²) in [5.74, 6) is -4.59. The first kappa shape index (κ1) is 54.4. The lowest BCUT2D eigenvalue weighted by molar-refractivity contribution is -0.377. The fourth-order valence-corrected chi connectivity index (χ4v) is 9.09. The Hall–Kier alpha value is -5.39. The molecule has 1 N–H and O–H groups in total. The Kier molecular flexibility index (Phi) is 18.9. The van der Waals surface area contributed by atoms with Crippen LogP contribution >= 0.6 is 0 Å². The summed E-state index contributed by atoms with van der Waals surface area (Å²) in [4.78, 5) is 63.4. The van der Waals surface area contributed by atoms with Crippen molar-refractivity contribution in [3.63, 3.8) is 0 Å². The molecule has 3 aromatic carbocycles. The fourth-order valence-electron chi connectivity index (χ4n) is 9.09. The first-order chi connectivity index (χ1) is 34.4. The average Bonchev–Trinajstić information content (AvgIpc) is 3.67. The summed E-state index contributed by atoms with van der Waals surface area (Å²) < 4.78 is 89.5. The lowest BCUT2D eigenvalue weighted by atomic mass is 9.94. The van der Waals surface area contributed by atoms with Crippen molar-refractivity contribution in [2.45, 2.75) is 173 Å². The molecule has 3 aromatic rings. The quantitative estimate of drug-likeness (QED) is 0.123. The van der Waals surface area contributed by atoms with Gasteiger partial charge in [0.1, 0.15) is 68.1 Å². The number of amides is 1. The van der Waals surface area contributed by atoms with Crippen molar-refractivity contribution >= 4 is 29.8 Å². The van der Waals surface area contributed by atoms with Crippen LogP contribution < -0.4 is 5.32 Å². The van der Waals surface area contributed by atoms with E-state index in [0.29, 0.717) is 0 Å². The Balaban J connectivity index is 1.32. The number of carbonyl (C=O) groups excluding carboxylic acids is 5. The maximum atomic E-state index is 13.1. The Morgan fingerprint density at radius 2 is 0.958 bits per heavy atom. The van der Waals surface area contributed by atoms with Crippen LogP contribution in [0.5, 0.6) is 0 Å². The van der Waals surface area contributed by atoms with Crippen LogP contribution in [0.25, 0.3) is 0 Å². The summed E-state index contributed by atoms with van der Waals surface area (Å²) in [6, 6.07) is 26.8. The average molecular weight is 1010 g/mol. The molecule has 20 heteroatoms. The highest BCUT2D eigenvalue weighted by Gasteiger charge is 2.60. The monoisotopic (exact) mass is 1010 g/mol. The van der Waals surface area contributed by atoms with Crippen LogP contribution in [0, 0.1) is 0 Å². The second kappa shape index (κ2) is 25.0. The van der Waals surface area contributed by atoms with E-state index in [1.54, 1.807) is 20.8 Å². The molecule has 20 nitrogen and oxygen atoms in total. The molecule has 1 amide bonds. The van der Waals surface area contributed by atoms with Crippen molar-refractivity contribution in [1.29, 1.82) is 0 Å². The SMILES string of the molecule is CC(=O)NC1C(OC2C(OCc3ccccc3)C(COC(C)=O)OC(OC3C(C)OC(OCc4ccccc4)C4OC(C)(C)OC34)C2OCc2ccccc2)OC(COC(C)=O)C(OC(C)=O)C1OC(C)=O. The van der Waals surface area contributed by atoms with Gasteiger partial charge in [-0.05, 0) is 37.5 Å². The third kappa shape index (κ3) is 14.6. The van der Waals surface area contributed by atoms with Gasteiger partial charge >= 0.3 is 23.9 Å². The molecular weight excluding hydrogens is 943 g/mol. The summed E-state index contributed by atoms with van der Waals surface area (Å²) in [5, 5.41) is 2.77. The van der Waals surface area contributed by atoms with Gasteiger partial charge in [0.15, 0.2) is 36.9 Å². The summed E-state index contributed by atoms with van der Waals surface area (Å²) >= 11 is 0. The Morgan fingerprint density at radius 1 is 0.500 bits per heavy atom. The maximum Gasteiger partial charge on any atom is 0.303 e. The molecule has 0 aliphatic carbocycles. The van der Waals surface area contributed by atoms with Crippen LogP contribution in [0.2, 0.25) is 0 Å². The predicted octanol–water partition coefficient (Wildman–Crippen LogP) is 4.35. The van der Waals surface area contributed by atoms with Gasteiger partial charge in [0.05, 0.1) is 25.9 Å². The van der Waals surface area contributed by atoms with Crippen molar-refractivity contribution in [2.24, 2.45) is 0 Å². The molecule has 0 radical (unpaired) electrons. The van der Waals surface area contributed by atoms with Gasteiger partial charge in [-0.2, -0.15) is 0 Å². The first-order valence-electron chi connectivity index (χ1n) is 23.9. The fraction of sp³-hybridized carbons (Fsp3) is 0.558. The van der Waals surface area contributed by atoms with E-state index in [2.05, 4.69) is 5.32 Å². The molecule has 0 saturated carbocycles. The molecule has 72 heavy (non-hydrogen) atoms. The second-order valence-electron chi connectivity index (χ2n) is 18.4. The van der Waals surface area contributed by atoms with Gasteiger partial charge in [-0.3, -0.25) is 24.0 Å². The minimum Gasteiger partial charge on any atom is -0.463 e. The van der Waals surface area contributed by atoms with Crippen molar-refractivity contribution in [3.05, 3.63) is 108 Å². The minimum atomic E-state index is -1.61. The van der Waals surface area contributed by atoms with E-state index in [4.69, 9.17) is 66.3 Å². The molecule has 4 saturated heterocycles. The topological polar surface area (TPSA) is 227 Å². The van der Waals surface area contributed by atoms with Crippen LogP contribution in [-0.4, -0.2) is 141 Å². The number of esters is 4. The number of rotatable bonds is 20. The summed E-state index contributed by atoms with van der Waals surface area (Å²) in [5.41, 5.74) is 2.44. The molecule has 4 aliphatic rings. The predicted molar refractivity (Wildman–Crippen MR) is 248 cm³/mol. The second-order valence-corrected chi connectivity index (χ2v) is 18.4. The smallest absolute Gasteiger partial charge is 0.303 e. The van der Waals surface area contributed by atoms with E-state index >= 15 is 0 Å². The highest BCUT2D eigenvalue weighted by molar-refractivity contribution is 5.73. The zero-order valence-electron chi connectivity index (χ0n) is 41.6. The number of fused-ring (bicyclic) bond motifs is 1. The van der Waals surface area contributed by atoms with E-state index in [1.165, 1.54) is 20.8 Å². The highest BCUT2D eigenvalue weighted by atomic mass is 16.8. The number of nitrogens with one attached hydrogen (secondary N) is 1. The van der Waals surface area contributed by atoms with Gasteiger partial charge in [-0.1, -0.05) is 91.0 Å². The van der Waals surface area contributed by atoms with Crippen molar-refractivity contribution in [1.82, 2.24) is 5.32 Å². The van der Waals surface area contributed by atoms with E-state index in [-0.39, 0.29) is 26.4 Å². The molecule has 15 unspecified atom stereocenters. The lowest BCUT2D eigenvalue weighted by Gasteiger charge is -2.51. The molecular formula is C52H65NO19. The standard InChI is InChI=1S/C52H65NO19/c1-29-41(46-48(72-52(7,8)71-46)50(64-29)63-26-37-22-16-11-17-23-37)69-51-47(62-25-36-20-14-10-15-21-36)45(42(38(68-51)27-59-31(3)55)61-24-35-18-12-9-13-19-35)70-49-40(53-30(2)54)44(66-34(6)58)43(65-33(5)57)39(67-49)28-60-32(4)56/h9-23,29,38-51H,24-28H2,1-8H3,(H,53,54). The van der Waals surface area contributed by atoms with Gasteiger partial charge in [-0.15, -0.1) is 0 Å².